The SMILES string of the molecule is CC1=NC(=S)NCC1C(=O)OCc1cccc2ccccc12. The first kappa shape index (κ1) is 14.7. The van der Waals surface area contributed by atoms with Crippen molar-refractivity contribution >= 4 is 39.8 Å². The zero-order valence-corrected chi connectivity index (χ0v) is 13.0. The quantitative estimate of drug-likeness (QED) is 0.699. The minimum atomic E-state index is -0.373. The Morgan fingerprint density at radius 2 is 2.09 bits per heavy atom. The molecule has 0 aliphatic carbocycles. The molecule has 3 rings (SSSR count). The van der Waals surface area contributed by atoms with E-state index in [0.717, 1.165) is 16.3 Å². The monoisotopic (exact) mass is 312 g/mol. The van der Waals surface area contributed by atoms with Crippen LogP contribution >= 0.6 is 12.2 Å². The largest absolute Gasteiger partial charge is 0.460 e. The average Bonchev–Trinajstić information content (AvgIpc) is 2.52. The van der Waals surface area contributed by atoms with Crippen LogP contribution in [0.4, 0.5) is 0 Å². The highest BCUT2D eigenvalue weighted by Gasteiger charge is 2.26. The summed E-state index contributed by atoms with van der Waals surface area (Å²) in [5.41, 5.74) is 1.70. The molecule has 0 radical (unpaired) electrons. The van der Waals surface area contributed by atoms with E-state index in [1.807, 2.05) is 42.5 Å². The maximum atomic E-state index is 12.2. The van der Waals surface area contributed by atoms with Crippen molar-refractivity contribution in [2.75, 3.05) is 6.54 Å². The predicted molar refractivity (Wildman–Crippen MR) is 90.9 cm³/mol. The molecule has 112 valence electrons. The highest BCUT2D eigenvalue weighted by Crippen LogP contribution is 2.20. The lowest BCUT2D eigenvalue weighted by molar-refractivity contribution is -0.147. The fraction of sp³-hybridized carbons (Fsp3) is 0.235. The van der Waals surface area contributed by atoms with Crippen LogP contribution in [0, 0.1) is 5.92 Å². The smallest absolute Gasteiger partial charge is 0.316 e. The lowest BCUT2D eigenvalue weighted by Gasteiger charge is -2.21. The second-order valence-corrected chi connectivity index (χ2v) is 5.62. The highest BCUT2D eigenvalue weighted by atomic mass is 32.1. The molecule has 1 aliphatic rings. The lowest BCUT2D eigenvalue weighted by atomic mass is 10.0. The van der Waals surface area contributed by atoms with Crippen molar-refractivity contribution in [3.63, 3.8) is 0 Å². The van der Waals surface area contributed by atoms with Crippen LogP contribution in [0.2, 0.25) is 0 Å². The number of nitrogens with zero attached hydrogens (tertiary/aromatic N) is 1. The summed E-state index contributed by atoms with van der Waals surface area (Å²) in [6, 6.07) is 14.0. The first-order valence-corrected chi connectivity index (χ1v) is 7.52. The van der Waals surface area contributed by atoms with Gasteiger partial charge in [0.25, 0.3) is 0 Å². The summed E-state index contributed by atoms with van der Waals surface area (Å²) in [7, 11) is 0. The molecule has 2 aromatic rings. The summed E-state index contributed by atoms with van der Waals surface area (Å²) in [6.45, 7) is 2.51. The van der Waals surface area contributed by atoms with Crippen molar-refractivity contribution in [2.24, 2.45) is 10.9 Å². The first-order chi connectivity index (χ1) is 10.6. The molecule has 0 spiro atoms. The van der Waals surface area contributed by atoms with E-state index < -0.39 is 0 Å². The topological polar surface area (TPSA) is 50.7 Å². The van der Waals surface area contributed by atoms with Crippen molar-refractivity contribution < 1.29 is 9.53 Å². The number of hydrogen-bond donors (Lipinski definition) is 1. The van der Waals surface area contributed by atoms with Gasteiger partial charge >= 0.3 is 5.97 Å². The predicted octanol–water partition coefficient (Wildman–Crippen LogP) is 2.85. The molecule has 1 N–H and O–H groups in total. The Hall–Kier alpha value is -2.27. The molecule has 5 heteroatoms. The van der Waals surface area contributed by atoms with E-state index in [9.17, 15) is 4.79 Å². The van der Waals surface area contributed by atoms with Gasteiger partial charge in [-0.05, 0) is 35.5 Å². The third-order valence-corrected chi connectivity index (χ3v) is 4.01. The molecule has 0 bridgehead atoms. The summed E-state index contributed by atoms with van der Waals surface area (Å²) in [6.07, 6.45) is 0. The van der Waals surface area contributed by atoms with Crippen LogP contribution in [-0.4, -0.2) is 23.3 Å². The molecule has 0 saturated carbocycles. The van der Waals surface area contributed by atoms with Crippen molar-refractivity contribution in [1.82, 2.24) is 5.32 Å². The zero-order chi connectivity index (χ0) is 15.5. The number of aliphatic imine (C=N–C) groups is 1. The first-order valence-electron chi connectivity index (χ1n) is 7.11. The minimum absolute atomic E-state index is 0.258. The van der Waals surface area contributed by atoms with Gasteiger partial charge in [-0.2, -0.15) is 0 Å². The van der Waals surface area contributed by atoms with Crippen molar-refractivity contribution in [1.29, 1.82) is 0 Å². The molecule has 22 heavy (non-hydrogen) atoms. The molecule has 0 saturated heterocycles. The van der Waals surface area contributed by atoms with Crippen molar-refractivity contribution in [2.45, 2.75) is 13.5 Å². The number of nitrogens with one attached hydrogen (secondary N) is 1. The molecule has 1 atom stereocenters. The van der Waals surface area contributed by atoms with E-state index in [2.05, 4.69) is 10.3 Å². The molecule has 1 unspecified atom stereocenters. The Balaban J connectivity index is 1.73. The van der Waals surface area contributed by atoms with Crippen LogP contribution in [0.1, 0.15) is 12.5 Å². The van der Waals surface area contributed by atoms with Gasteiger partial charge in [-0.1, -0.05) is 42.5 Å². The molecule has 0 aromatic heterocycles. The van der Waals surface area contributed by atoms with Crippen LogP contribution in [0.25, 0.3) is 10.8 Å². The number of rotatable bonds is 3. The van der Waals surface area contributed by atoms with Crippen LogP contribution in [0.3, 0.4) is 0 Å². The van der Waals surface area contributed by atoms with Crippen molar-refractivity contribution in [3.8, 4) is 0 Å². The van der Waals surface area contributed by atoms with Gasteiger partial charge in [0, 0.05) is 12.3 Å². The number of thiocarbonyl (C=S) groups is 1. The minimum Gasteiger partial charge on any atom is -0.460 e. The summed E-state index contributed by atoms with van der Waals surface area (Å²) >= 11 is 4.97. The normalized spacial score (nSPS) is 17.8. The fourth-order valence-electron chi connectivity index (χ4n) is 2.54. The van der Waals surface area contributed by atoms with Crippen LogP contribution in [0.15, 0.2) is 47.5 Å². The van der Waals surface area contributed by atoms with E-state index in [-0.39, 0.29) is 18.5 Å². The second kappa shape index (κ2) is 6.23. The standard InChI is InChI=1S/C17H16N2O2S/c1-11-15(9-18-17(22)19-11)16(20)21-10-13-7-4-6-12-5-2-3-8-14(12)13/h2-8,15H,9-10H2,1H3,(H,18,22). The van der Waals surface area contributed by atoms with Crippen LogP contribution in [-0.2, 0) is 16.1 Å². The Labute approximate surface area is 134 Å². The lowest BCUT2D eigenvalue weighted by Crippen LogP contribution is -2.41. The Morgan fingerprint density at radius 3 is 2.91 bits per heavy atom. The number of benzene rings is 2. The van der Waals surface area contributed by atoms with E-state index in [0.29, 0.717) is 17.4 Å². The Kier molecular flexibility index (Phi) is 4.15. The van der Waals surface area contributed by atoms with Gasteiger partial charge in [0.15, 0.2) is 5.11 Å². The fourth-order valence-corrected chi connectivity index (χ4v) is 2.76. The number of hydrogen-bond acceptors (Lipinski definition) is 3. The molecule has 2 aromatic carbocycles. The van der Waals surface area contributed by atoms with E-state index >= 15 is 0 Å². The number of carbonyl (C=O) groups excluding carboxylic acids is 1. The Morgan fingerprint density at radius 1 is 1.32 bits per heavy atom. The summed E-state index contributed by atoms with van der Waals surface area (Å²) in [5.74, 6) is -0.647. The number of ether oxygens (including phenoxy) is 1. The van der Waals surface area contributed by atoms with Gasteiger partial charge in [0.2, 0.25) is 0 Å². The molecular weight excluding hydrogens is 296 g/mol. The molecule has 1 aliphatic heterocycles. The highest BCUT2D eigenvalue weighted by molar-refractivity contribution is 7.80. The van der Waals surface area contributed by atoms with E-state index in [1.54, 1.807) is 6.92 Å². The summed E-state index contributed by atoms with van der Waals surface area (Å²) in [4.78, 5) is 16.4. The molecule has 4 nitrogen and oxygen atoms in total. The van der Waals surface area contributed by atoms with Gasteiger partial charge in [-0.25, -0.2) is 4.99 Å². The molecule has 0 amide bonds. The molecule has 1 heterocycles. The second-order valence-electron chi connectivity index (χ2n) is 5.24. The number of esters is 1. The number of carbonyl (C=O) groups is 1. The van der Waals surface area contributed by atoms with E-state index in [1.165, 1.54) is 0 Å². The third kappa shape index (κ3) is 2.99. The third-order valence-electron chi connectivity index (χ3n) is 3.77. The van der Waals surface area contributed by atoms with E-state index in [4.69, 9.17) is 17.0 Å². The van der Waals surface area contributed by atoms with Gasteiger partial charge in [-0.15, -0.1) is 0 Å². The maximum Gasteiger partial charge on any atom is 0.316 e. The van der Waals surface area contributed by atoms with Crippen LogP contribution < -0.4 is 5.32 Å². The van der Waals surface area contributed by atoms with Gasteiger partial charge in [0.1, 0.15) is 12.5 Å². The molecular formula is C17H16N2O2S. The van der Waals surface area contributed by atoms with Gasteiger partial charge in [0.05, 0.1) is 0 Å². The maximum absolute atomic E-state index is 12.2. The number of fused-ring (bicyclic) bond motifs is 1. The summed E-state index contributed by atoms with van der Waals surface area (Å²) < 4.78 is 5.48. The zero-order valence-electron chi connectivity index (χ0n) is 12.2. The van der Waals surface area contributed by atoms with Gasteiger partial charge < -0.3 is 10.1 Å². The molecule has 0 fully saturated rings. The van der Waals surface area contributed by atoms with Crippen LogP contribution in [0.5, 0.6) is 0 Å². The van der Waals surface area contributed by atoms with Gasteiger partial charge in [-0.3, -0.25) is 4.79 Å². The summed E-state index contributed by atoms with van der Waals surface area (Å²) in [5, 5.41) is 5.58. The van der Waals surface area contributed by atoms with Crippen molar-refractivity contribution in [3.05, 3.63) is 48.0 Å². The average molecular weight is 312 g/mol. The Bertz CT molecular complexity index is 765.